The smallest absolute Gasteiger partial charge is 0.0801 e. The van der Waals surface area contributed by atoms with Gasteiger partial charge in [0, 0.05) is 12.3 Å². The van der Waals surface area contributed by atoms with E-state index in [-0.39, 0.29) is 12.4 Å². The molecule has 0 aliphatic carbocycles. The molecule has 0 aromatic rings. The highest BCUT2D eigenvalue weighted by Crippen LogP contribution is 2.13. The van der Waals surface area contributed by atoms with Crippen LogP contribution in [0.3, 0.4) is 0 Å². The molecule has 2 unspecified atom stereocenters. The second-order valence-corrected chi connectivity index (χ2v) is 5.31. The molecular formula is C14H30ClN. The molecule has 2 atom stereocenters. The van der Waals surface area contributed by atoms with Gasteiger partial charge in [0.25, 0.3) is 0 Å². The van der Waals surface area contributed by atoms with Crippen LogP contribution in [-0.4, -0.2) is 19.6 Å². The molecule has 16 heavy (non-hydrogen) atoms. The standard InChI is InChI=1S/C14H29N.ClH/c1-3-5-7-8-11-15-12-10-14(13-15)9-6-4-2;/h14H,3-13H2,1-2H3;1H. The van der Waals surface area contributed by atoms with Crippen molar-refractivity contribution in [2.45, 2.75) is 65.2 Å². The van der Waals surface area contributed by atoms with Crippen molar-refractivity contribution >= 4 is 0 Å². The van der Waals surface area contributed by atoms with Crippen LogP contribution in [0.25, 0.3) is 0 Å². The number of nitrogens with one attached hydrogen (secondary N) is 1. The van der Waals surface area contributed by atoms with Gasteiger partial charge in [-0.05, 0) is 19.3 Å². The first-order valence-electron chi connectivity index (χ1n) is 7.20. The molecule has 1 rings (SSSR count). The van der Waals surface area contributed by atoms with Crippen LogP contribution in [0.5, 0.6) is 0 Å². The molecule has 1 nitrogen and oxygen atoms in total. The molecule has 1 aliphatic rings. The first kappa shape index (κ1) is 16.2. The van der Waals surface area contributed by atoms with Crippen molar-refractivity contribution in [3.8, 4) is 0 Å². The zero-order valence-corrected chi connectivity index (χ0v) is 12.0. The molecule has 0 bridgehead atoms. The Hall–Kier alpha value is 0.250. The number of halogens is 1. The first-order chi connectivity index (χ1) is 7.36. The monoisotopic (exact) mass is 247 g/mol. The Morgan fingerprint density at radius 3 is 2.44 bits per heavy atom. The van der Waals surface area contributed by atoms with Crippen molar-refractivity contribution in [3.05, 3.63) is 0 Å². The summed E-state index contributed by atoms with van der Waals surface area (Å²) in [6.07, 6.45) is 11.6. The first-order valence-corrected chi connectivity index (χ1v) is 7.20. The quantitative estimate of drug-likeness (QED) is 0.561. The molecule has 98 valence electrons. The zero-order chi connectivity index (χ0) is 10.9. The van der Waals surface area contributed by atoms with Gasteiger partial charge in [-0.15, -0.1) is 0 Å². The van der Waals surface area contributed by atoms with Gasteiger partial charge in [-0.3, -0.25) is 0 Å². The van der Waals surface area contributed by atoms with Gasteiger partial charge in [-0.2, -0.15) is 0 Å². The second-order valence-electron chi connectivity index (χ2n) is 5.31. The summed E-state index contributed by atoms with van der Waals surface area (Å²) in [5.41, 5.74) is 0. The van der Waals surface area contributed by atoms with E-state index in [0.717, 1.165) is 5.92 Å². The molecule has 0 saturated carbocycles. The van der Waals surface area contributed by atoms with Crippen LogP contribution in [0.2, 0.25) is 0 Å². The second kappa shape index (κ2) is 10.4. The molecule has 0 amide bonds. The van der Waals surface area contributed by atoms with Crippen molar-refractivity contribution in [1.82, 2.24) is 0 Å². The summed E-state index contributed by atoms with van der Waals surface area (Å²) in [5.74, 6) is 1.06. The maximum absolute atomic E-state index is 2.31. The number of likely N-dealkylation sites (tertiary alicyclic amines) is 1. The fourth-order valence-electron chi connectivity index (χ4n) is 2.79. The van der Waals surface area contributed by atoms with Crippen molar-refractivity contribution < 1.29 is 17.3 Å². The number of hydrogen-bond acceptors (Lipinski definition) is 0. The van der Waals surface area contributed by atoms with E-state index < -0.39 is 0 Å². The van der Waals surface area contributed by atoms with E-state index in [1.807, 2.05) is 4.90 Å². The van der Waals surface area contributed by atoms with Gasteiger partial charge in [-0.25, -0.2) is 0 Å². The highest BCUT2D eigenvalue weighted by Gasteiger charge is 2.24. The predicted molar refractivity (Wildman–Crippen MR) is 67.3 cm³/mol. The third kappa shape index (κ3) is 6.75. The van der Waals surface area contributed by atoms with Crippen molar-refractivity contribution in [2.24, 2.45) is 5.92 Å². The number of rotatable bonds is 8. The lowest BCUT2D eigenvalue weighted by Gasteiger charge is -2.13. The van der Waals surface area contributed by atoms with Crippen LogP contribution in [0.1, 0.15) is 65.2 Å². The maximum atomic E-state index is 2.31. The molecule has 2 heteroatoms. The molecule has 1 N–H and O–H groups in total. The number of unbranched alkanes of at least 4 members (excludes halogenated alkanes) is 4. The normalized spacial score (nSPS) is 24.4. The lowest BCUT2D eigenvalue weighted by Crippen LogP contribution is -3.10. The third-order valence-corrected chi connectivity index (χ3v) is 3.83. The zero-order valence-electron chi connectivity index (χ0n) is 11.2. The van der Waals surface area contributed by atoms with Crippen molar-refractivity contribution in [3.63, 3.8) is 0 Å². The highest BCUT2D eigenvalue weighted by atomic mass is 35.5. The van der Waals surface area contributed by atoms with E-state index in [4.69, 9.17) is 0 Å². The minimum atomic E-state index is 0. The Kier molecular flexibility index (Phi) is 10.6. The lowest BCUT2D eigenvalue weighted by molar-refractivity contribution is -0.889. The van der Waals surface area contributed by atoms with E-state index in [2.05, 4.69) is 13.8 Å². The molecule has 1 heterocycles. The largest absolute Gasteiger partial charge is 1.00 e. The van der Waals surface area contributed by atoms with E-state index in [0.29, 0.717) is 0 Å². The van der Waals surface area contributed by atoms with E-state index >= 15 is 0 Å². The fourth-order valence-corrected chi connectivity index (χ4v) is 2.79. The lowest BCUT2D eigenvalue weighted by atomic mass is 10.0. The van der Waals surface area contributed by atoms with E-state index in [9.17, 15) is 0 Å². The molecular weight excluding hydrogens is 218 g/mol. The SMILES string of the molecule is CCCCCC[NH+]1CCC(CCCC)C1.[Cl-]. The van der Waals surface area contributed by atoms with Gasteiger partial charge >= 0.3 is 0 Å². The van der Waals surface area contributed by atoms with Gasteiger partial charge in [-0.1, -0.05) is 39.5 Å². The minimum absolute atomic E-state index is 0. The van der Waals surface area contributed by atoms with Gasteiger partial charge < -0.3 is 17.3 Å². The van der Waals surface area contributed by atoms with Crippen LogP contribution in [0, 0.1) is 5.92 Å². The van der Waals surface area contributed by atoms with Crippen LogP contribution in [0.15, 0.2) is 0 Å². The van der Waals surface area contributed by atoms with Crippen molar-refractivity contribution in [1.29, 1.82) is 0 Å². The van der Waals surface area contributed by atoms with Crippen LogP contribution in [0.4, 0.5) is 0 Å². The van der Waals surface area contributed by atoms with E-state index in [1.54, 1.807) is 0 Å². The summed E-state index contributed by atoms with van der Waals surface area (Å²) >= 11 is 0. The molecule has 0 aromatic carbocycles. The van der Waals surface area contributed by atoms with Gasteiger partial charge in [0.1, 0.15) is 0 Å². The Labute approximate surface area is 108 Å². The predicted octanol–water partition coefficient (Wildman–Crippen LogP) is -0.334. The summed E-state index contributed by atoms with van der Waals surface area (Å²) in [6.45, 7) is 8.99. The van der Waals surface area contributed by atoms with Crippen LogP contribution in [-0.2, 0) is 0 Å². The summed E-state index contributed by atoms with van der Waals surface area (Å²) in [5, 5.41) is 0. The summed E-state index contributed by atoms with van der Waals surface area (Å²) in [7, 11) is 0. The Bertz CT molecular complexity index is 150. The summed E-state index contributed by atoms with van der Waals surface area (Å²) < 4.78 is 0. The Balaban J connectivity index is 0.00000225. The Morgan fingerprint density at radius 1 is 1.00 bits per heavy atom. The molecule has 0 radical (unpaired) electrons. The average Bonchev–Trinajstić information content (AvgIpc) is 2.69. The highest BCUT2D eigenvalue weighted by molar-refractivity contribution is 4.62. The minimum Gasteiger partial charge on any atom is -1.00 e. The Morgan fingerprint density at radius 2 is 1.75 bits per heavy atom. The summed E-state index contributed by atoms with van der Waals surface area (Å²) in [4.78, 5) is 1.90. The molecule has 0 spiro atoms. The van der Waals surface area contributed by atoms with Crippen LogP contribution < -0.4 is 17.3 Å². The van der Waals surface area contributed by atoms with Gasteiger partial charge in [0.05, 0.1) is 19.6 Å². The summed E-state index contributed by atoms with van der Waals surface area (Å²) in [6, 6.07) is 0. The average molecular weight is 248 g/mol. The topological polar surface area (TPSA) is 4.44 Å². The van der Waals surface area contributed by atoms with Gasteiger partial charge in [0.15, 0.2) is 0 Å². The fraction of sp³-hybridized carbons (Fsp3) is 1.00. The third-order valence-electron chi connectivity index (χ3n) is 3.83. The molecule has 1 aliphatic heterocycles. The van der Waals surface area contributed by atoms with E-state index in [1.165, 1.54) is 71.0 Å². The van der Waals surface area contributed by atoms with Crippen LogP contribution >= 0.6 is 0 Å². The maximum Gasteiger partial charge on any atom is 0.0801 e. The number of hydrogen-bond donors (Lipinski definition) is 1. The molecule has 1 saturated heterocycles. The molecule has 0 aromatic heterocycles. The van der Waals surface area contributed by atoms with Crippen molar-refractivity contribution in [2.75, 3.05) is 19.6 Å². The van der Waals surface area contributed by atoms with Gasteiger partial charge in [0.2, 0.25) is 0 Å². The molecule has 1 fully saturated rings. The number of quaternary nitrogens is 1.